The summed E-state index contributed by atoms with van der Waals surface area (Å²) in [7, 11) is 0. The first-order chi connectivity index (χ1) is 8.56. The highest BCUT2D eigenvalue weighted by Gasteiger charge is 2.07. The van der Waals surface area contributed by atoms with Gasteiger partial charge >= 0.3 is 0 Å². The zero-order chi connectivity index (χ0) is 13.1. The molecule has 6 heteroatoms. The van der Waals surface area contributed by atoms with Crippen molar-refractivity contribution < 1.29 is 17.9 Å². The molecule has 0 amide bonds. The van der Waals surface area contributed by atoms with E-state index in [9.17, 15) is 8.60 Å². The lowest BCUT2D eigenvalue weighted by molar-refractivity contribution is 0.473. The van der Waals surface area contributed by atoms with Gasteiger partial charge in [-0.25, -0.2) is 8.60 Å². The highest BCUT2D eigenvalue weighted by molar-refractivity contribution is 9.10. The summed E-state index contributed by atoms with van der Waals surface area (Å²) in [4.78, 5) is 0.258. The van der Waals surface area contributed by atoms with E-state index in [1.165, 1.54) is 30.3 Å². The lowest BCUT2D eigenvalue weighted by Gasteiger charge is -2.08. The lowest BCUT2D eigenvalue weighted by Crippen LogP contribution is -1.91. The fourth-order valence-electron chi connectivity index (χ4n) is 1.33. The Kier molecular flexibility index (Phi) is 4.11. The largest absolute Gasteiger partial charge is 0.456 e. The molecule has 0 aromatic heterocycles. The summed E-state index contributed by atoms with van der Waals surface area (Å²) in [5.41, 5.74) is 0. The van der Waals surface area contributed by atoms with E-state index >= 15 is 0 Å². The molecule has 0 bridgehead atoms. The van der Waals surface area contributed by atoms with E-state index in [1.807, 2.05) is 0 Å². The Hall–Kier alpha value is -1.24. The summed E-state index contributed by atoms with van der Waals surface area (Å²) < 4.78 is 38.7. The number of hydrogen-bond acceptors (Lipinski definition) is 2. The number of hydrogen-bond donors (Lipinski definition) is 1. The van der Waals surface area contributed by atoms with Crippen LogP contribution < -0.4 is 4.74 Å². The van der Waals surface area contributed by atoms with E-state index in [4.69, 9.17) is 9.29 Å². The normalized spacial score (nSPS) is 12.2. The van der Waals surface area contributed by atoms with Crippen molar-refractivity contribution in [3.63, 3.8) is 0 Å². The van der Waals surface area contributed by atoms with Crippen LogP contribution in [0.3, 0.4) is 0 Å². The van der Waals surface area contributed by atoms with Gasteiger partial charge in [-0.3, -0.25) is 0 Å². The van der Waals surface area contributed by atoms with Crippen LogP contribution in [-0.2, 0) is 11.1 Å². The molecule has 1 unspecified atom stereocenters. The third-order valence-corrected chi connectivity index (χ3v) is 3.41. The molecular weight excluding hydrogens is 323 g/mol. The van der Waals surface area contributed by atoms with Gasteiger partial charge in [0.15, 0.2) is 11.1 Å². The smallest absolute Gasteiger partial charge is 0.186 e. The molecule has 2 rings (SSSR count). The van der Waals surface area contributed by atoms with Gasteiger partial charge in [-0.05, 0) is 46.3 Å². The summed E-state index contributed by atoms with van der Waals surface area (Å²) in [5.74, 6) is 0.403. The maximum atomic E-state index is 13.0. The maximum Gasteiger partial charge on any atom is 0.186 e. The Morgan fingerprint density at radius 3 is 2.61 bits per heavy atom. The minimum Gasteiger partial charge on any atom is -0.456 e. The van der Waals surface area contributed by atoms with E-state index in [0.29, 0.717) is 16.0 Å². The van der Waals surface area contributed by atoms with Crippen LogP contribution in [0, 0.1) is 5.82 Å². The Labute approximate surface area is 114 Å². The molecule has 1 atom stereocenters. The molecule has 0 fully saturated rings. The standard InChI is InChI=1S/C12H8BrFO3S/c13-11-7-10(18(15)16)4-5-12(11)17-9-3-1-2-8(14)6-9/h1-7H,(H,15,16). The van der Waals surface area contributed by atoms with E-state index < -0.39 is 16.9 Å². The summed E-state index contributed by atoms with van der Waals surface area (Å²) in [5, 5.41) is 0. The molecule has 0 spiro atoms. The first-order valence-corrected chi connectivity index (χ1v) is 6.80. The number of ether oxygens (including phenoxy) is 1. The molecule has 0 heterocycles. The molecule has 94 valence electrons. The van der Waals surface area contributed by atoms with Crippen molar-refractivity contribution in [2.45, 2.75) is 4.90 Å². The number of halogens is 2. The molecule has 3 nitrogen and oxygen atoms in total. The second kappa shape index (κ2) is 5.60. The average molecular weight is 331 g/mol. The van der Waals surface area contributed by atoms with Crippen molar-refractivity contribution >= 4 is 27.0 Å². The van der Waals surface area contributed by atoms with Gasteiger partial charge in [-0.1, -0.05) is 6.07 Å². The molecule has 0 saturated heterocycles. The third-order valence-electron chi connectivity index (χ3n) is 2.13. The van der Waals surface area contributed by atoms with Crippen LogP contribution in [0.2, 0.25) is 0 Å². The summed E-state index contributed by atoms with van der Waals surface area (Å²) in [6, 6.07) is 10.2. The van der Waals surface area contributed by atoms with Crippen molar-refractivity contribution in [2.24, 2.45) is 0 Å². The van der Waals surface area contributed by atoms with E-state index in [2.05, 4.69) is 15.9 Å². The lowest BCUT2D eigenvalue weighted by atomic mass is 10.3. The van der Waals surface area contributed by atoms with Crippen LogP contribution in [0.5, 0.6) is 11.5 Å². The third kappa shape index (κ3) is 3.16. The first-order valence-electron chi connectivity index (χ1n) is 4.90. The van der Waals surface area contributed by atoms with Gasteiger partial charge in [0, 0.05) is 6.07 Å². The van der Waals surface area contributed by atoms with Crippen LogP contribution in [0.25, 0.3) is 0 Å². The van der Waals surface area contributed by atoms with E-state index in [1.54, 1.807) is 12.1 Å². The Morgan fingerprint density at radius 2 is 2.00 bits per heavy atom. The van der Waals surface area contributed by atoms with Crippen molar-refractivity contribution in [3.05, 3.63) is 52.8 Å². The van der Waals surface area contributed by atoms with Crippen molar-refractivity contribution in [2.75, 3.05) is 0 Å². The second-order valence-corrected chi connectivity index (χ2v) is 5.22. The van der Waals surface area contributed by atoms with Gasteiger partial charge in [-0.15, -0.1) is 0 Å². The molecule has 0 aliphatic rings. The highest BCUT2D eigenvalue weighted by Crippen LogP contribution is 2.31. The average Bonchev–Trinajstić information content (AvgIpc) is 2.31. The topological polar surface area (TPSA) is 46.5 Å². The molecular formula is C12H8BrFO3S. The SMILES string of the molecule is O=S(O)c1ccc(Oc2cccc(F)c2)c(Br)c1. The molecule has 18 heavy (non-hydrogen) atoms. The molecule has 0 saturated carbocycles. The number of rotatable bonds is 3. The highest BCUT2D eigenvalue weighted by atomic mass is 79.9. The van der Waals surface area contributed by atoms with Crippen LogP contribution in [0.4, 0.5) is 4.39 Å². The van der Waals surface area contributed by atoms with Gasteiger partial charge < -0.3 is 9.29 Å². The maximum absolute atomic E-state index is 13.0. The minimum atomic E-state index is -2.04. The Balaban J connectivity index is 2.27. The zero-order valence-corrected chi connectivity index (χ0v) is 11.4. The molecule has 0 radical (unpaired) electrons. The Bertz CT molecular complexity index is 604. The van der Waals surface area contributed by atoms with Crippen LogP contribution in [-0.4, -0.2) is 8.76 Å². The van der Waals surface area contributed by atoms with Gasteiger partial charge in [0.25, 0.3) is 0 Å². The van der Waals surface area contributed by atoms with Crippen LogP contribution in [0.1, 0.15) is 0 Å². The van der Waals surface area contributed by atoms with Crippen molar-refractivity contribution in [3.8, 4) is 11.5 Å². The number of benzene rings is 2. The first kappa shape index (κ1) is 13.2. The fraction of sp³-hybridized carbons (Fsp3) is 0. The summed E-state index contributed by atoms with van der Waals surface area (Å²) in [6.07, 6.45) is 0. The Morgan fingerprint density at radius 1 is 1.22 bits per heavy atom. The summed E-state index contributed by atoms with van der Waals surface area (Å²) in [6.45, 7) is 0. The van der Waals surface area contributed by atoms with Crippen LogP contribution in [0.15, 0.2) is 51.8 Å². The van der Waals surface area contributed by atoms with Crippen LogP contribution >= 0.6 is 15.9 Å². The monoisotopic (exact) mass is 330 g/mol. The minimum absolute atomic E-state index is 0.258. The van der Waals surface area contributed by atoms with Gasteiger partial charge in [0.2, 0.25) is 0 Å². The molecule has 1 N–H and O–H groups in total. The predicted octanol–water partition coefficient (Wildman–Crippen LogP) is 3.96. The zero-order valence-electron chi connectivity index (χ0n) is 8.97. The van der Waals surface area contributed by atoms with Gasteiger partial charge in [0.05, 0.1) is 9.37 Å². The van der Waals surface area contributed by atoms with Gasteiger partial charge in [0.1, 0.15) is 17.3 Å². The van der Waals surface area contributed by atoms with Crippen molar-refractivity contribution in [1.82, 2.24) is 0 Å². The second-order valence-electron chi connectivity index (χ2n) is 3.40. The van der Waals surface area contributed by atoms with E-state index in [0.717, 1.165) is 0 Å². The fourth-order valence-corrected chi connectivity index (χ4v) is 2.34. The van der Waals surface area contributed by atoms with Crippen molar-refractivity contribution in [1.29, 1.82) is 0 Å². The predicted molar refractivity (Wildman–Crippen MR) is 69.7 cm³/mol. The summed E-state index contributed by atoms with van der Waals surface area (Å²) >= 11 is 1.18. The quantitative estimate of drug-likeness (QED) is 0.866. The molecule has 2 aromatic carbocycles. The molecule has 2 aromatic rings. The van der Waals surface area contributed by atoms with Gasteiger partial charge in [-0.2, -0.15) is 0 Å². The molecule has 0 aliphatic carbocycles. The van der Waals surface area contributed by atoms with E-state index in [-0.39, 0.29) is 4.90 Å². The molecule has 0 aliphatic heterocycles.